The zero-order valence-corrected chi connectivity index (χ0v) is 8.86. The van der Waals surface area contributed by atoms with E-state index >= 15 is 0 Å². The van der Waals surface area contributed by atoms with Crippen molar-refractivity contribution in [1.82, 2.24) is 0 Å². The van der Waals surface area contributed by atoms with Gasteiger partial charge in [0.2, 0.25) is 0 Å². The van der Waals surface area contributed by atoms with E-state index in [1.807, 2.05) is 6.08 Å². The number of hydrogen-bond donors (Lipinski definition) is 0. The van der Waals surface area contributed by atoms with Crippen molar-refractivity contribution in [2.75, 3.05) is 0 Å². The van der Waals surface area contributed by atoms with Crippen molar-refractivity contribution < 1.29 is 4.79 Å². The van der Waals surface area contributed by atoms with Gasteiger partial charge in [-0.05, 0) is 18.1 Å². The maximum absolute atomic E-state index is 11.2. The van der Waals surface area contributed by atoms with Crippen molar-refractivity contribution in [3.8, 4) is 0 Å². The monoisotopic (exact) mass is 192 g/mol. The van der Waals surface area contributed by atoms with Gasteiger partial charge in [0, 0.05) is 18.0 Å². The highest BCUT2D eigenvalue weighted by Gasteiger charge is 2.24. The van der Waals surface area contributed by atoms with Crippen LogP contribution in [0.3, 0.4) is 0 Å². The quantitative estimate of drug-likeness (QED) is 0.538. The topological polar surface area (TPSA) is 17.1 Å². The molecule has 13 heavy (non-hydrogen) atoms. The van der Waals surface area contributed by atoms with Gasteiger partial charge in [0.25, 0.3) is 0 Å². The Balaban J connectivity index is 2.43. The van der Waals surface area contributed by atoms with Crippen LogP contribution in [-0.4, -0.2) is 10.9 Å². The fourth-order valence-corrected chi connectivity index (χ4v) is 2.13. The van der Waals surface area contributed by atoms with Gasteiger partial charge in [-0.1, -0.05) is 24.3 Å². The molecule has 2 rings (SSSR count). The number of hydrogen-bond acceptors (Lipinski definition) is 1. The smallest absolute Gasteiger partial charge is 0.141 e. The Labute approximate surface area is 80.8 Å². The third-order valence-electron chi connectivity index (χ3n) is 2.43. The summed E-state index contributed by atoms with van der Waals surface area (Å²) in [5.74, 6) is 0.341. The van der Waals surface area contributed by atoms with E-state index in [2.05, 4.69) is 34.4 Å². The summed E-state index contributed by atoms with van der Waals surface area (Å²) in [6.45, 7) is 2.13. The summed E-state index contributed by atoms with van der Waals surface area (Å²) in [4.78, 5) is 11.2. The number of Topliss-reactive ketones (excluding diaryl/α,β-unsaturated/α-hetero) is 1. The molecule has 0 spiro atoms. The van der Waals surface area contributed by atoms with E-state index < -0.39 is 0 Å². The molecule has 0 heterocycles. The summed E-state index contributed by atoms with van der Waals surface area (Å²) in [6, 6.07) is 0. The highest BCUT2D eigenvalue weighted by Crippen LogP contribution is 2.35. The average Bonchev–Trinajstić information content (AvgIpc) is 2.23. The summed E-state index contributed by atoms with van der Waals surface area (Å²) in [7, 11) is 2.80. The number of fused-ring (bicyclic) bond motifs is 1. The molecule has 0 aromatic rings. The first-order valence-electron chi connectivity index (χ1n) is 4.48. The van der Waals surface area contributed by atoms with E-state index in [1.165, 1.54) is 11.1 Å². The lowest BCUT2D eigenvalue weighted by Gasteiger charge is -2.14. The molecule has 1 nitrogen and oxygen atoms in total. The average molecular weight is 192 g/mol. The molecule has 2 heteroatoms. The van der Waals surface area contributed by atoms with E-state index in [-0.39, 0.29) is 5.16 Å². The van der Waals surface area contributed by atoms with Crippen LogP contribution in [0.4, 0.5) is 0 Å². The second-order valence-corrected chi connectivity index (χ2v) is 5.22. The molecule has 2 aliphatic rings. The third-order valence-corrected chi connectivity index (χ3v) is 2.78. The molecule has 0 aromatic carbocycles. The van der Waals surface area contributed by atoms with Crippen molar-refractivity contribution >= 4 is 15.0 Å². The lowest BCUT2D eigenvalue weighted by atomic mass is 10.1. The number of rotatable bonds is 0. The predicted octanol–water partition coefficient (Wildman–Crippen LogP) is 2.41. The normalized spacial score (nSPS) is 32.3. The van der Waals surface area contributed by atoms with Crippen molar-refractivity contribution in [3.63, 3.8) is 0 Å². The van der Waals surface area contributed by atoms with Gasteiger partial charge in [-0.3, -0.25) is 4.79 Å². The first kappa shape index (κ1) is 8.90. The standard InChI is InChI=1S/C11H13OP/c1-11(13)4-2-3-8-5-10(12)6-9(8)7-11/h2-4,7H,5-6,13H2,1H3. The summed E-state index contributed by atoms with van der Waals surface area (Å²) >= 11 is 0. The van der Waals surface area contributed by atoms with Crippen molar-refractivity contribution in [3.05, 3.63) is 35.5 Å². The minimum Gasteiger partial charge on any atom is -0.299 e. The Morgan fingerprint density at radius 3 is 2.85 bits per heavy atom. The maximum Gasteiger partial charge on any atom is 0.141 e. The molecule has 0 bridgehead atoms. The van der Waals surface area contributed by atoms with Crippen LogP contribution >= 0.6 is 9.24 Å². The Kier molecular flexibility index (Phi) is 2.00. The Bertz CT molecular complexity index is 345. The molecule has 68 valence electrons. The van der Waals surface area contributed by atoms with Gasteiger partial charge in [0.15, 0.2) is 0 Å². The predicted molar refractivity (Wildman–Crippen MR) is 57.7 cm³/mol. The van der Waals surface area contributed by atoms with Crippen LogP contribution in [-0.2, 0) is 4.79 Å². The summed E-state index contributed by atoms with van der Waals surface area (Å²) in [5.41, 5.74) is 2.42. The van der Waals surface area contributed by atoms with Crippen LogP contribution in [0.2, 0.25) is 0 Å². The van der Waals surface area contributed by atoms with Gasteiger partial charge in [-0.15, -0.1) is 9.24 Å². The van der Waals surface area contributed by atoms with Crippen LogP contribution in [0, 0.1) is 0 Å². The van der Waals surface area contributed by atoms with Crippen molar-refractivity contribution in [2.24, 2.45) is 0 Å². The molecule has 2 atom stereocenters. The molecule has 0 saturated heterocycles. The van der Waals surface area contributed by atoms with Gasteiger partial charge in [0.05, 0.1) is 0 Å². The molecule has 0 N–H and O–H groups in total. The lowest BCUT2D eigenvalue weighted by Crippen LogP contribution is -2.06. The van der Waals surface area contributed by atoms with Crippen molar-refractivity contribution in [1.29, 1.82) is 0 Å². The fourth-order valence-electron chi connectivity index (χ4n) is 1.82. The zero-order chi connectivity index (χ0) is 9.47. The largest absolute Gasteiger partial charge is 0.299 e. The maximum atomic E-state index is 11.2. The molecular formula is C11H13OP. The van der Waals surface area contributed by atoms with Gasteiger partial charge < -0.3 is 0 Å². The Morgan fingerprint density at radius 1 is 1.38 bits per heavy atom. The second kappa shape index (κ2) is 2.92. The fraction of sp³-hybridized carbons (Fsp3) is 0.364. The number of allylic oxidation sites excluding steroid dienone is 6. The summed E-state index contributed by atoms with van der Waals surface area (Å²) < 4.78 is 0. The Hall–Kier alpha value is -0.680. The third kappa shape index (κ3) is 1.81. The summed E-state index contributed by atoms with van der Waals surface area (Å²) in [5, 5.41) is 0.0121. The number of ketones is 1. The molecule has 1 fully saturated rings. The molecule has 0 aromatic heterocycles. The zero-order valence-electron chi connectivity index (χ0n) is 7.71. The SMILES string of the molecule is CC1(P)C=CC=C2CC(=O)CC2=C1. The lowest BCUT2D eigenvalue weighted by molar-refractivity contribution is -0.116. The molecular weight excluding hydrogens is 179 g/mol. The molecule has 1 saturated carbocycles. The van der Waals surface area contributed by atoms with Gasteiger partial charge in [0.1, 0.15) is 5.78 Å². The molecule has 0 radical (unpaired) electrons. The van der Waals surface area contributed by atoms with Crippen LogP contribution in [0.25, 0.3) is 0 Å². The molecule has 2 unspecified atom stereocenters. The minimum atomic E-state index is 0.0121. The van der Waals surface area contributed by atoms with Gasteiger partial charge in [-0.2, -0.15) is 0 Å². The van der Waals surface area contributed by atoms with Crippen LogP contribution in [0.5, 0.6) is 0 Å². The van der Waals surface area contributed by atoms with E-state index in [0.717, 1.165) is 0 Å². The van der Waals surface area contributed by atoms with E-state index in [9.17, 15) is 4.79 Å². The van der Waals surface area contributed by atoms with Crippen LogP contribution < -0.4 is 0 Å². The van der Waals surface area contributed by atoms with Crippen LogP contribution in [0.15, 0.2) is 35.5 Å². The van der Waals surface area contributed by atoms with E-state index in [4.69, 9.17) is 0 Å². The van der Waals surface area contributed by atoms with Crippen molar-refractivity contribution in [2.45, 2.75) is 24.9 Å². The highest BCUT2D eigenvalue weighted by molar-refractivity contribution is 7.19. The van der Waals surface area contributed by atoms with E-state index in [1.54, 1.807) is 0 Å². The minimum absolute atomic E-state index is 0.0121. The first-order valence-corrected chi connectivity index (χ1v) is 5.06. The molecule has 2 aliphatic carbocycles. The Morgan fingerprint density at radius 2 is 2.08 bits per heavy atom. The second-order valence-electron chi connectivity index (χ2n) is 3.98. The molecule has 0 amide bonds. The molecule has 0 aliphatic heterocycles. The van der Waals surface area contributed by atoms with Crippen LogP contribution in [0.1, 0.15) is 19.8 Å². The number of carbonyl (C=O) groups excluding carboxylic acids is 1. The van der Waals surface area contributed by atoms with E-state index in [0.29, 0.717) is 18.6 Å². The first-order chi connectivity index (χ1) is 6.07. The van der Waals surface area contributed by atoms with Gasteiger partial charge in [-0.25, -0.2) is 0 Å². The highest BCUT2D eigenvalue weighted by atomic mass is 31.0. The number of carbonyl (C=O) groups is 1. The van der Waals surface area contributed by atoms with Gasteiger partial charge >= 0.3 is 0 Å². The summed E-state index contributed by atoms with van der Waals surface area (Å²) in [6.07, 6.45) is 9.67.